The number of hydrogen-bond donors (Lipinski definition) is 0. The summed E-state index contributed by atoms with van der Waals surface area (Å²) in [4.78, 5) is 0. The SMILES string of the molecule is CC1CCC2(CC1)CC1(CCC(C)CC1)C2(Cl)Cl. The number of hydrogen-bond acceptors (Lipinski definition) is 0. The molecule has 0 aromatic heterocycles. The van der Waals surface area contributed by atoms with Gasteiger partial charge in [0.2, 0.25) is 0 Å². The lowest BCUT2D eigenvalue weighted by atomic mass is 9.43. The smallest absolute Gasteiger partial charge is 0.100 e. The second kappa shape index (κ2) is 4.29. The first kappa shape index (κ1) is 13.6. The molecule has 0 N–H and O–H groups in total. The van der Waals surface area contributed by atoms with Crippen molar-refractivity contribution in [1.82, 2.24) is 0 Å². The van der Waals surface area contributed by atoms with Gasteiger partial charge in [-0.3, -0.25) is 0 Å². The average molecular weight is 289 g/mol. The van der Waals surface area contributed by atoms with Crippen molar-refractivity contribution >= 4 is 23.2 Å². The van der Waals surface area contributed by atoms with Crippen LogP contribution in [0.2, 0.25) is 0 Å². The molecule has 2 heteroatoms. The summed E-state index contributed by atoms with van der Waals surface area (Å²) in [6.45, 7) is 4.74. The highest BCUT2D eigenvalue weighted by Crippen LogP contribution is 2.76. The molecule has 104 valence electrons. The summed E-state index contributed by atoms with van der Waals surface area (Å²) in [6.07, 6.45) is 11.7. The molecule has 3 aliphatic carbocycles. The Hall–Kier alpha value is 0.580. The molecule has 0 unspecified atom stereocenters. The molecule has 0 heterocycles. The molecule has 0 radical (unpaired) electrons. The van der Waals surface area contributed by atoms with E-state index >= 15 is 0 Å². The van der Waals surface area contributed by atoms with Crippen LogP contribution in [-0.2, 0) is 0 Å². The van der Waals surface area contributed by atoms with E-state index in [1.54, 1.807) is 0 Å². The van der Waals surface area contributed by atoms with Crippen molar-refractivity contribution in [2.45, 2.75) is 76.0 Å². The van der Waals surface area contributed by atoms with Gasteiger partial charge in [-0.05, 0) is 43.9 Å². The van der Waals surface area contributed by atoms with Gasteiger partial charge in [0.25, 0.3) is 0 Å². The van der Waals surface area contributed by atoms with Gasteiger partial charge >= 0.3 is 0 Å². The van der Waals surface area contributed by atoms with E-state index in [0.29, 0.717) is 0 Å². The highest BCUT2D eigenvalue weighted by Gasteiger charge is 2.71. The molecule has 3 aliphatic rings. The van der Waals surface area contributed by atoms with Gasteiger partial charge in [-0.2, -0.15) is 0 Å². The molecule has 0 amide bonds. The minimum Gasteiger partial charge on any atom is -0.100 e. The Balaban J connectivity index is 1.75. The van der Waals surface area contributed by atoms with E-state index in [9.17, 15) is 0 Å². The molecule has 0 atom stereocenters. The quantitative estimate of drug-likeness (QED) is 0.483. The zero-order chi connectivity index (χ0) is 13.0. The van der Waals surface area contributed by atoms with E-state index in [-0.39, 0.29) is 10.8 Å². The minimum absolute atomic E-state index is 0.267. The fourth-order valence-corrected chi connectivity index (χ4v) is 5.96. The molecule has 3 saturated carbocycles. The Labute approximate surface area is 122 Å². The van der Waals surface area contributed by atoms with Gasteiger partial charge in [-0.1, -0.05) is 39.5 Å². The Morgan fingerprint density at radius 3 is 1.33 bits per heavy atom. The normalized spacial score (nSPS) is 51.3. The van der Waals surface area contributed by atoms with E-state index in [2.05, 4.69) is 13.8 Å². The Morgan fingerprint density at radius 1 is 0.722 bits per heavy atom. The summed E-state index contributed by atoms with van der Waals surface area (Å²) in [6, 6.07) is 0. The lowest BCUT2D eigenvalue weighted by Gasteiger charge is -2.69. The Kier molecular flexibility index (Phi) is 3.23. The van der Waals surface area contributed by atoms with Crippen LogP contribution < -0.4 is 0 Å². The summed E-state index contributed by atoms with van der Waals surface area (Å²) in [7, 11) is 0. The maximum atomic E-state index is 6.94. The third kappa shape index (κ3) is 1.71. The van der Waals surface area contributed by atoms with Crippen molar-refractivity contribution in [1.29, 1.82) is 0 Å². The maximum Gasteiger partial charge on any atom is 0.129 e. The first-order chi connectivity index (χ1) is 8.41. The highest BCUT2D eigenvalue weighted by atomic mass is 35.5. The largest absolute Gasteiger partial charge is 0.129 e. The zero-order valence-electron chi connectivity index (χ0n) is 11.8. The van der Waals surface area contributed by atoms with Crippen LogP contribution in [0.5, 0.6) is 0 Å². The van der Waals surface area contributed by atoms with E-state index in [4.69, 9.17) is 23.2 Å². The van der Waals surface area contributed by atoms with E-state index in [1.807, 2.05) is 0 Å². The molecule has 2 spiro atoms. The Bertz CT molecular complexity index is 288. The number of rotatable bonds is 0. The van der Waals surface area contributed by atoms with Crippen molar-refractivity contribution in [2.75, 3.05) is 0 Å². The fourth-order valence-electron chi connectivity index (χ4n) is 4.94. The summed E-state index contributed by atoms with van der Waals surface area (Å²) < 4.78 is -0.430. The predicted molar refractivity (Wildman–Crippen MR) is 79.2 cm³/mol. The van der Waals surface area contributed by atoms with Crippen LogP contribution in [-0.4, -0.2) is 4.33 Å². The third-order valence-electron chi connectivity index (χ3n) is 6.47. The summed E-state index contributed by atoms with van der Waals surface area (Å²) in [5.41, 5.74) is 0.534. The van der Waals surface area contributed by atoms with Crippen LogP contribution in [0, 0.1) is 22.7 Å². The molecule has 0 saturated heterocycles. The zero-order valence-corrected chi connectivity index (χ0v) is 13.3. The molecule has 0 bridgehead atoms. The molecule has 3 rings (SSSR count). The lowest BCUT2D eigenvalue weighted by molar-refractivity contribution is -0.113. The van der Waals surface area contributed by atoms with E-state index < -0.39 is 4.33 Å². The van der Waals surface area contributed by atoms with Gasteiger partial charge in [0.15, 0.2) is 0 Å². The van der Waals surface area contributed by atoms with Gasteiger partial charge in [-0.25, -0.2) is 0 Å². The standard InChI is InChI=1S/C16H26Cl2/c1-12-3-7-14(8-4-12)11-15(16(14,17)18)9-5-13(2)6-10-15/h12-13H,3-11H2,1-2H3. The Morgan fingerprint density at radius 2 is 1.06 bits per heavy atom. The van der Waals surface area contributed by atoms with Crippen LogP contribution in [0.3, 0.4) is 0 Å². The van der Waals surface area contributed by atoms with Crippen molar-refractivity contribution in [2.24, 2.45) is 22.7 Å². The van der Waals surface area contributed by atoms with Gasteiger partial charge in [0, 0.05) is 10.8 Å². The number of halogens is 2. The van der Waals surface area contributed by atoms with Crippen molar-refractivity contribution in [3.8, 4) is 0 Å². The average Bonchev–Trinajstić information content (AvgIpc) is 2.35. The van der Waals surface area contributed by atoms with Crippen LogP contribution >= 0.6 is 23.2 Å². The van der Waals surface area contributed by atoms with Gasteiger partial charge < -0.3 is 0 Å². The molecule has 0 aromatic carbocycles. The van der Waals surface area contributed by atoms with Crippen LogP contribution in [0.15, 0.2) is 0 Å². The number of alkyl halides is 2. The molecular weight excluding hydrogens is 263 g/mol. The summed E-state index contributed by atoms with van der Waals surface area (Å²) in [5.74, 6) is 1.75. The second-order valence-corrected chi connectivity index (χ2v) is 9.00. The maximum absolute atomic E-state index is 6.94. The van der Waals surface area contributed by atoms with Gasteiger partial charge in [-0.15, -0.1) is 23.2 Å². The van der Waals surface area contributed by atoms with Gasteiger partial charge in [0.1, 0.15) is 4.33 Å². The molecule has 0 aliphatic heterocycles. The van der Waals surface area contributed by atoms with Crippen molar-refractivity contribution in [3.05, 3.63) is 0 Å². The molecule has 0 nitrogen and oxygen atoms in total. The fraction of sp³-hybridized carbons (Fsp3) is 1.00. The molecule has 3 fully saturated rings. The first-order valence-corrected chi connectivity index (χ1v) is 8.54. The van der Waals surface area contributed by atoms with Crippen molar-refractivity contribution in [3.63, 3.8) is 0 Å². The minimum atomic E-state index is -0.430. The van der Waals surface area contributed by atoms with Crippen molar-refractivity contribution < 1.29 is 0 Å². The predicted octanol–water partition coefficient (Wildman–Crippen LogP) is 5.96. The highest BCUT2D eigenvalue weighted by molar-refractivity contribution is 6.50. The topological polar surface area (TPSA) is 0 Å². The van der Waals surface area contributed by atoms with Crippen LogP contribution in [0.1, 0.15) is 71.6 Å². The monoisotopic (exact) mass is 288 g/mol. The second-order valence-electron chi connectivity index (χ2n) is 7.68. The first-order valence-electron chi connectivity index (χ1n) is 7.79. The van der Waals surface area contributed by atoms with Crippen LogP contribution in [0.4, 0.5) is 0 Å². The molecule has 0 aromatic rings. The molecular formula is C16H26Cl2. The van der Waals surface area contributed by atoms with E-state index in [1.165, 1.54) is 57.8 Å². The molecule has 18 heavy (non-hydrogen) atoms. The third-order valence-corrected chi connectivity index (χ3v) is 8.08. The van der Waals surface area contributed by atoms with Gasteiger partial charge in [0.05, 0.1) is 0 Å². The van der Waals surface area contributed by atoms with E-state index in [0.717, 1.165) is 11.8 Å². The summed E-state index contributed by atoms with van der Waals surface area (Å²) >= 11 is 13.9. The summed E-state index contributed by atoms with van der Waals surface area (Å²) in [5, 5.41) is 0. The lowest BCUT2D eigenvalue weighted by Crippen LogP contribution is -2.66. The van der Waals surface area contributed by atoms with Crippen LogP contribution in [0.25, 0.3) is 0 Å².